The van der Waals surface area contributed by atoms with E-state index in [2.05, 4.69) is 17.6 Å². The molecule has 2 rings (SSSR count). The van der Waals surface area contributed by atoms with Crippen LogP contribution in [0.4, 0.5) is 0 Å². The number of thioether (sulfide) groups is 1. The summed E-state index contributed by atoms with van der Waals surface area (Å²) >= 11 is 2.01. The Morgan fingerprint density at radius 2 is 2.00 bits per heavy atom. The zero-order valence-electron chi connectivity index (χ0n) is 11.6. The van der Waals surface area contributed by atoms with Crippen LogP contribution in [-0.2, 0) is 6.54 Å². The smallest absolute Gasteiger partial charge is 0.0995 e. The molecule has 1 N–H and O–H groups in total. The van der Waals surface area contributed by atoms with Crippen molar-refractivity contribution in [3.05, 3.63) is 35.4 Å². The van der Waals surface area contributed by atoms with Crippen molar-refractivity contribution in [2.24, 2.45) is 0 Å². The standard InChI is InChI=1S/C16H22N2S/c1-19-16(9-5-2-6-10-16)13-18-12-15-8-4-3-7-14(15)11-17/h3-4,7-8,18H,2,5-6,9-10,12-13H2,1H3. The van der Waals surface area contributed by atoms with Crippen molar-refractivity contribution in [1.29, 1.82) is 5.26 Å². The monoisotopic (exact) mass is 274 g/mol. The van der Waals surface area contributed by atoms with Crippen LogP contribution in [0, 0.1) is 11.3 Å². The number of nitriles is 1. The van der Waals surface area contributed by atoms with E-state index in [1.165, 1.54) is 32.1 Å². The fourth-order valence-corrected chi connectivity index (χ4v) is 3.80. The molecule has 0 heterocycles. The zero-order chi connectivity index (χ0) is 13.6. The Hall–Kier alpha value is -0.980. The fraction of sp³-hybridized carbons (Fsp3) is 0.562. The second kappa shape index (κ2) is 6.98. The molecule has 19 heavy (non-hydrogen) atoms. The molecule has 1 aliphatic carbocycles. The van der Waals surface area contributed by atoms with E-state index in [0.717, 1.165) is 24.2 Å². The Balaban J connectivity index is 1.90. The molecule has 1 fully saturated rings. The van der Waals surface area contributed by atoms with Crippen molar-refractivity contribution in [3.8, 4) is 6.07 Å². The number of benzene rings is 1. The summed E-state index contributed by atoms with van der Waals surface area (Å²) in [4.78, 5) is 0. The Kier molecular flexibility index (Phi) is 5.30. The maximum Gasteiger partial charge on any atom is 0.0995 e. The third-order valence-corrected chi connectivity index (χ3v) is 5.52. The predicted molar refractivity (Wildman–Crippen MR) is 82.2 cm³/mol. The first-order valence-electron chi connectivity index (χ1n) is 7.03. The minimum atomic E-state index is 0.417. The maximum absolute atomic E-state index is 9.08. The van der Waals surface area contributed by atoms with Gasteiger partial charge >= 0.3 is 0 Å². The summed E-state index contributed by atoms with van der Waals surface area (Å²) in [5, 5.41) is 12.6. The Bertz CT molecular complexity index is 444. The molecule has 1 saturated carbocycles. The molecule has 102 valence electrons. The molecule has 1 aromatic carbocycles. The van der Waals surface area contributed by atoms with Gasteiger partial charge in [-0.2, -0.15) is 17.0 Å². The highest BCUT2D eigenvalue weighted by atomic mass is 32.2. The minimum Gasteiger partial charge on any atom is -0.311 e. The van der Waals surface area contributed by atoms with Crippen molar-refractivity contribution >= 4 is 11.8 Å². The zero-order valence-corrected chi connectivity index (χ0v) is 12.4. The predicted octanol–water partition coefficient (Wildman–Crippen LogP) is 3.71. The Morgan fingerprint density at radius 3 is 2.68 bits per heavy atom. The fourth-order valence-electron chi connectivity index (χ4n) is 2.86. The first-order valence-corrected chi connectivity index (χ1v) is 8.26. The third kappa shape index (κ3) is 3.75. The Morgan fingerprint density at radius 1 is 1.26 bits per heavy atom. The van der Waals surface area contributed by atoms with Gasteiger partial charge in [0, 0.05) is 17.8 Å². The number of rotatable bonds is 5. The van der Waals surface area contributed by atoms with Gasteiger partial charge in [0.15, 0.2) is 0 Å². The highest BCUT2D eigenvalue weighted by Crippen LogP contribution is 2.37. The average Bonchev–Trinajstić information content (AvgIpc) is 2.49. The minimum absolute atomic E-state index is 0.417. The van der Waals surface area contributed by atoms with Gasteiger partial charge in [0.2, 0.25) is 0 Å². The first-order chi connectivity index (χ1) is 9.29. The van der Waals surface area contributed by atoms with Crippen molar-refractivity contribution in [2.45, 2.75) is 43.4 Å². The van der Waals surface area contributed by atoms with E-state index in [1.54, 1.807) is 0 Å². The molecular weight excluding hydrogens is 252 g/mol. The van der Waals surface area contributed by atoms with Crippen LogP contribution >= 0.6 is 11.8 Å². The van der Waals surface area contributed by atoms with Crippen LogP contribution in [0.15, 0.2) is 24.3 Å². The molecule has 3 heteroatoms. The summed E-state index contributed by atoms with van der Waals surface area (Å²) < 4.78 is 0.417. The van der Waals surface area contributed by atoms with Gasteiger partial charge in [-0.3, -0.25) is 0 Å². The van der Waals surface area contributed by atoms with Gasteiger partial charge in [-0.1, -0.05) is 37.5 Å². The number of nitrogens with one attached hydrogen (secondary N) is 1. The summed E-state index contributed by atoms with van der Waals surface area (Å²) in [6.45, 7) is 1.85. The molecule has 0 radical (unpaired) electrons. The van der Waals surface area contributed by atoms with Gasteiger partial charge in [0.25, 0.3) is 0 Å². The van der Waals surface area contributed by atoms with E-state index in [0.29, 0.717) is 4.75 Å². The van der Waals surface area contributed by atoms with E-state index in [1.807, 2.05) is 36.0 Å². The summed E-state index contributed by atoms with van der Waals surface area (Å²) in [7, 11) is 0. The molecule has 0 bridgehead atoms. The second-order valence-electron chi connectivity index (χ2n) is 5.32. The SMILES string of the molecule is CSC1(CNCc2ccccc2C#N)CCCCC1. The normalized spacial score (nSPS) is 17.9. The molecule has 2 nitrogen and oxygen atoms in total. The first kappa shape index (κ1) is 14.4. The van der Waals surface area contributed by atoms with Crippen molar-refractivity contribution in [3.63, 3.8) is 0 Å². The van der Waals surface area contributed by atoms with Crippen LogP contribution in [0.1, 0.15) is 43.2 Å². The van der Waals surface area contributed by atoms with Crippen LogP contribution in [0.25, 0.3) is 0 Å². The van der Waals surface area contributed by atoms with Crippen molar-refractivity contribution in [1.82, 2.24) is 5.32 Å². The maximum atomic E-state index is 9.08. The lowest BCUT2D eigenvalue weighted by molar-refractivity contribution is 0.379. The highest BCUT2D eigenvalue weighted by molar-refractivity contribution is 8.00. The molecule has 0 aliphatic heterocycles. The molecule has 0 unspecified atom stereocenters. The van der Waals surface area contributed by atoms with Gasteiger partial charge in [-0.05, 0) is 30.7 Å². The summed E-state index contributed by atoms with van der Waals surface area (Å²) in [5.74, 6) is 0. The van der Waals surface area contributed by atoms with Crippen molar-refractivity contribution in [2.75, 3.05) is 12.8 Å². The second-order valence-corrected chi connectivity index (χ2v) is 6.59. The lowest BCUT2D eigenvalue weighted by Crippen LogP contribution is -2.39. The average molecular weight is 274 g/mol. The summed E-state index contributed by atoms with van der Waals surface area (Å²) in [6, 6.07) is 10.1. The summed E-state index contributed by atoms with van der Waals surface area (Å²) in [6.07, 6.45) is 8.98. The molecule has 0 atom stereocenters. The number of hydrogen-bond donors (Lipinski definition) is 1. The van der Waals surface area contributed by atoms with E-state index < -0.39 is 0 Å². The van der Waals surface area contributed by atoms with E-state index in [-0.39, 0.29) is 0 Å². The van der Waals surface area contributed by atoms with E-state index in [9.17, 15) is 0 Å². The summed E-state index contributed by atoms with van der Waals surface area (Å²) in [5.41, 5.74) is 1.90. The molecular formula is C16H22N2S. The van der Waals surface area contributed by atoms with Crippen molar-refractivity contribution < 1.29 is 0 Å². The molecule has 0 amide bonds. The van der Waals surface area contributed by atoms with Crippen LogP contribution in [-0.4, -0.2) is 17.5 Å². The topological polar surface area (TPSA) is 35.8 Å². The van der Waals surface area contributed by atoms with Gasteiger partial charge in [-0.25, -0.2) is 0 Å². The molecule has 1 aromatic rings. The lowest BCUT2D eigenvalue weighted by atomic mass is 9.88. The molecule has 1 aliphatic rings. The molecule has 0 spiro atoms. The lowest BCUT2D eigenvalue weighted by Gasteiger charge is -2.36. The van der Waals surface area contributed by atoms with Gasteiger partial charge < -0.3 is 5.32 Å². The molecule has 0 saturated heterocycles. The molecule has 0 aromatic heterocycles. The van der Waals surface area contributed by atoms with Crippen LogP contribution < -0.4 is 5.32 Å². The quantitative estimate of drug-likeness (QED) is 0.889. The van der Waals surface area contributed by atoms with Gasteiger partial charge in [-0.15, -0.1) is 0 Å². The number of nitrogens with zero attached hydrogens (tertiary/aromatic N) is 1. The van der Waals surface area contributed by atoms with Crippen LogP contribution in [0.5, 0.6) is 0 Å². The number of hydrogen-bond acceptors (Lipinski definition) is 3. The highest BCUT2D eigenvalue weighted by Gasteiger charge is 2.30. The third-order valence-electron chi connectivity index (χ3n) is 4.10. The van der Waals surface area contributed by atoms with Crippen LogP contribution in [0.2, 0.25) is 0 Å². The largest absolute Gasteiger partial charge is 0.311 e. The Labute approximate surface area is 120 Å². The van der Waals surface area contributed by atoms with Gasteiger partial charge in [0.05, 0.1) is 11.6 Å². The van der Waals surface area contributed by atoms with Gasteiger partial charge in [0.1, 0.15) is 0 Å². The van der Waals surface area contributed by atoms with Crippen LogP contribution in [0.3, 0.4) is 0 Å². The van der Waals surface area contributed by atoms with E-state index >= 15 is 0 Å². The van der Waals surface area contributed by atoms with E-state index in [4.69, 9.17) is 5.26 Å².